The number of hydrogen-bond acceptors (Lipinski definition) is 2. The highest BCUT2D eigenvalue weighted by atomic mass is 28.3. The van der Waals surface area contributed by atoms with Crippen molar-refractivity contribution in [2.45, 2.75) is 130 Å². The summed E-state index contributed by atoms with van der Waals surface area (Å²) in [5, 5.41) is 1.60. The van der Waals surface area contributed by atoms with Crippen LogP contribution < -0.4 is 5.19 Å². The summed E-state index contributed by atoms with van der Waals surface area (Å²) in [6.07, 6.45) is 17.9. The van der Waals surface area contributed by atoms with Crippen LogP contribution in [0.15, 0.2) is 65.8 Å². The zero-order valence-corrected chi connectivity index (χ0v) is 25.6. The van der Waals surface area contributed by atoms with E-state index >= 15 is 0 Å². The molecule has 3 rings (SSSR count). The normalized spacial score (nSPS) is 25.5. The van der Waals surface area contributed by atoms with E-state index in [2.05, 4.69) is 102 Å². The van der Waals surface area contributed by atoms with Gasteiger partial charge in [0, 0.05) is 0 Å². The van der Waals surface area contributed by atoms with Crippen molar-refractivity contribution in [2.24, 2.45) is 5.41 Å². The molecule has 0 aromatic heterocycles. The van der Waals surface area contributed by atoms with Crippen molar-refractivity contribution in [3.63, 3.8) is 0 Å². The van der Waals surface area contributed by atoms with Crippen LogP contribution in [-0.4, -0.2) is 25.6 Å². The van der Waals surface area contributed by atoms with Gasteiger partial charge in [-0.05, 0) is 90.5 Å². The number of allylic oxidation sites excluding steroid dienone is 6. The zero-order valence-electron chi connectivity index (χ0n) is 24.6. The van der Waals surface area contributed by atoms with Crippen LogP contribution in [0.2, 0.25) is 18.6 Å². The molecule has 1 heterocycles. The molecule has 0 N–H and O–H groups in total. The Labute approximate surface area is 223 Å². The van der Waals surface area contributed by atoms with Crippen LogP contribution in [0, 0.1) is 5.41 Å². The molecule has 0 saturated carbocycles. The minimum atomic E-state index is -1.52. The summed E-state index contributed by atoms with van der Waals surface area (Å²) in [6.45, 7) is 20.7. The molecule has 1 unspecified atom stereocenters. The molecule has 1 aliphatic carbocycles. The lowest BCUT2D eigenvalue weighted by Crippen LogP contribution is -2.49. The minimum absolute atomic E-state index is 0.158. The number of hydrogen-bond donors (Lipinski definition) is 0. The number of benzene rings is 1. The van der Waals surface area contributed by atoms with Gasteiger partial charge in [-0.3, -0.25) is 0 Å². The zero-order chi connectivity index (χ0) is 26.6. The Morgan fingerprint density at radius 2 is 1.64 bits per heavy atom. The molecule has 0 radical (unpaired) electrons. The molecule has 36 heavy (non-hydrogen) atoms. The molecule has 2 nitrogen and oxygen atoms in total. The van der Waals surface area contributed by atoms with Gasteiger partial charge in [-0.25, -0.2) is 0 Å². The van der Waals surface area contributed by atoms with Crippen LogP contribution in [0.5, 0.6) is 0 Å². The topological polar surface area (TPSA) is 18.5 Å². The summed E-state index contributed by atoms with van der Waals surface area (Å²) in [4.78, 5) is 0. The van der Waals surface area contributed by atoms with Gasteiger partial charge in [0.2, 0.25) is 0 Å². The van der Waals surface area contributed by atoms with Crippen molar-refractivity contribution < 1.29 is 9.47 Å². The summed E-state index contributed by atoms with van der Waals surface area (Å²) in [5.41, 5.74) is 4.00. The predicted octanol–water partition coefficient (Wildman–Crippen LogP) is 9.10. The summed E-state index contributed by atoms with van der Waals surface area (Å²) in [7, 11) is -1.52. The maximum absolute atomic E-state index is 6.13. The van der Waals surface area contributed by atoms with Gasteiger partial charge < -0.3 is 9.47 Å². The Hall–Kier alpha value is -1.42. The smallest absolute Gasteiger partial charge is 0.164 e. The highest BCUT2D eigenvalue weighted by Gasteiger charge is 2.47. The molecule has 3 heteroatoms. The molecule has 2 atom stereocenters. The third-order valence-electron chi connectivity index (χ3n) is 8.77. The number of unbranched alkanes of at least 4 members (excludes halogenated alkanes) is 1. The van der Waals surface area contributed by atoms with Gasteiger partial charge in [-0.15, -0.1) is 0 Å². The number of ether oxygens (including phenoxy) is 2. The highest BCUT2D eigenvalue weighted by Crippen LogP contribution is 2.53. The van der Waals surface area contributed by atoms with Crippen molar-refractivity contribution in [2.75, 3.05) is 0 Å². The molecule has 1 aromatic rings. The monoisotopic (exact) mass is 508 g/mol. The van der Waals surface area contributed by atoms with E-state index in [-0.39, 0.29) is 11.7 Å². The van der Waals surface area contributed by atoms with Crippen LogP contribution in [0.1, 0.15) is 93.4 Å². The second-order valence-electron chi connectivity index (χ2n) is 13.2. The summed E-state index contributed by atoms with van der Waals surface area (Å²) in [6, 6.07) is 11.3. The SMILES string of the molecule is C/C(=C\CC/C=C/CCC1=CCC([Si](C)(C)c2ccccc2)C1(C)C)CC[C@H]1OC(C)(C)OC1(C)C. The lowest BCUT2D eigenvalue weighted by Gasteiger charge is -2.41. The van der Waals surface area contributed by atoms with E-state index in [4.69, 9.17) is 9.47 Å². The molecule has 0 spiro atoms. The standard InChI is InChI=1S/C33H52O2Si/c1-26(22-24-29-32(4,5)35-33(6,7)34-29)18-14-11-10-12-15-19-27-23-25-30(31(27,2)3)36(8,9)28-20-16-13-17-21-28/h10,12-13,16-18,20-21,23,29-30H,11,14-15,19,22,24-25H2,1-9H3/b12-10+,26-18+/t29-,30?/m1/s1. The lowest BCUT2D eigenvalue weighted by molar-refractivity contribution is -0.157. The highest BCUT2D eigenvalue weighted by molar-refractivity contribution is 6.91. The second-order valence-corrected chi connectivity index (χ2v) is 17.9. The van der Waals surface area contributed by atoms with Crippen LogP contribution in [0.3, 0.4) is 0 Å². The Balaban J connectivity index is 1.39. The summed E-state index contributed by atoms with van der Waals surface area (Å²) in [5.74, 6) is -0.471. The molecule has 0 amide bonds. The van der Waals surface area contributed by atoms with Crippen LogP contribution >= 0.6 is 0 Å². The predicted molar refractivity (Wildman–Crippen MR) is 159 cm³/mol. The van der Waals surface area contributed by atoms with E-state index in [1.54, 1.807) is 10.8 Å². The Morgan fingerprint density at radius 3 is 2.28 bits per heavy atom. The molecule has 200 valence electrons. The first-order valence-electron chi connectivity index (χ1n) is 14.2. The van der Waals surface area contributed by atoms with E-state index in [0.717, 1.165) is 37.6 Å². The van der Waals surface area contributed by atoms with Crippen LogP contribution in [0.25, 0.3) is 0 Å². The van der Waals surface area contributed by atoms with Crippen molar-refractivity contribution in [1.82, 2.24) is 0 Å². The van der Waals surface area contributed by atoms with Crippen LogP contribution in [-0.2, 0) is 9.47 Å². The van der Waals surface area contributed by atoms with E-state index in [9.17, 15) is 0 Å². The van der Waals surface area contributed by atoms with Crippen molar-refractivity contribution in [1.29, 1.82) is 0 Å². The van der Waals surface area contributed by atoms with E-state index in [1.165, 1.54) is 18.4 Å². The fourth-order valence-electron chi connectivity index (χ4n) is 6.71. The van der Waals surface area contributed by atoms with Crippen LogP contribution in [0.4, 0.5) is 0 Å². The first-order valence-corrected chi connectivity index (χ1v) is 17.3. The van der Waals surface area contributed by atoms with Gasteiger partial charge in [0.05, 0.1) is 19.8 Å². The van der Waals surface area contributed by atoms with Gasteiger partial charge in [-0.1, -0.05) is 97.9 Å². The van der Waals surface area contributed by atoms with Crippen molar-refractivity contribution >= 4 is 13.3 Å². The van der Waals surface area contributed by atoms with Gasteiger partial charge in [0.15, 0.2) is 5.79 Å². The average molecular weight is 509 g/mol. The quantitative estimate of drug-likeness (QED) is 0.168. The fraction of sp³-hybridized carbons (Fsp3) is 0.636. The average Bonchev–Trinajstić information content (AvgIpc) is 3.21. The first-order chi connectivity index (χ1) is 16.8. The van der Waals surface area contributed by atoms with Gasteiger partial charge >= 0.3 is 0 Å². The molecular weight excluding hydrogens is 456 g/mol. The molecule has 0 bridgehead atoms. The Bertz CT molecular complexity index is 949. The molecule has 1 aliphatic heterocycles. The van der Waals surface area contributed by atoms with Crippen molar-refractivity contribution in [3.05, 3.63) is 65.8 Å². The van der Waals surface area contributed by atoms with Gasteiger partial charge in [0.25, 0.3) is 0 Å². The number of rotatable bonds is 11. The molecular formula is C33H52O2Si. The summed E-state index contributed by atoms with van der Waals surface area (Å²) >= 11 is 0. The molecule has 1 saturated heterocycles. The summed E-state index contributed by atoms with van der Waals surface area (Å²) < 4.78 is 12.2. The van der Waals surface area contributed by atoms with Gasteiger partial charge in [0.1, 0.15) is 0 Å². The molecule has 1 fully saturated rings. The fourth-order valence-corrected chi connectivity index (χ4v) is 10.9. The molecule has 1 aromatic carbocycles. The van der Waals surface area contributed by atoms with E-state index in [0.29, 0.717) is 5.41 Å². The molecule has 2 aliphatic rings. The van der Waals surface area contributed by atoms with Gasteiger partial charge in [-0.2, -0.15) is 0 Å². The minimum Gasteiger partial charge on any atom is -0.344 e. The third kappa shape index (κ3) is 7.11. The van der Waals surface area contributed by atoms with E-state index in [1.807, 2.05) is 13.8 Å². The Kier molecular flexibility index (Phi) is 9.34. The maximum Gasteiger partial charge on any atom is 0.164 e. The largest absolute Gasteiger partial charge is 0.344 e. The Morgan fingerprint density at radius 1 is 0.972 bits per heavy atom. The van der Waals surface area contributed by atoms with Crippen molar-refractivity contribution in [3.8, 4) is 0 Å². The van der Waals surface area contributed by atoms with E-state index < -0.39 is 13.9 Å². The second kappa shape index (κ2) is 11.5. The maximum atomic E-state index is 6.13. The third-order valence-corrected chi connectivity index (χ3v) is 13.3. The lowest BCUT2D eigenvalue weighted by atomic mass is 9.83. The first kappa shape index (κ1) is 29.1.